The molecule has 2 aromatic rings. The molecule has 0 amide bonds. The van der Waals surface area contributed by atoms with Gasteiger partial charge in [0.25, 0.3) is 0 Å². The predicted molar refractivity (Wildman–Crippen MR) is 91.8 cm³/mol. The van der Waals surface area contributed by atoms with Crippen LogP contribution in [0.5, 0.6) is 0 Å². The Bertz CT molecular complexity index is 670. The highest BCUT2D eigenvalue weighted by atomic mass is 16.3. The summed E-state index contributed by atoms with van der Waals surface area (Å²) in [7, 11) is 0. The third-order valence-electron chi connectivity index (χ3n) is 3.95. The zero-order valence-electron chi connectivity index (χ0n) is 13.4. The lowest BCUT2D eigenvalue weighted by Gasteiger charge is -2.15. The Morgan fingerprint density at radius 3 is 2.55 bits per heavy atom. The molecule has 2 aromatic carbocycles. The number of allylic oxidation sites excluding steroid dienone is 1. The molecule has 1 N–H and O–H groups in total. The van der Waals surface area contributed by atoms with E-state index >= 15 is 0 Å². The first-order chi connectivity index (χ1) is 10.7. The van der Waals surface area contributed by atoms with Crippen LogP contribution >= 0.6 is 0 Å². The molecule has 1 unspecified atom stereocenters. The molecule has 0 bridgehead atoms. The van der Waals surface area contributed by atoms with Crippen molar-refractivity contribution < 1.29 is 9.90 Å². The van der Waals surface area contributed by atoms with Gasteiger partial charge in [-0.05, 0) is 28.8 Å². The Balaban J connectivity index is 2.33. The summed E-state index contributed by atoms with van der Waals surface area (Å²) in [5.74, 6) is 0.0248. The smallest absolute Gasteiger partial charge is 0.161 e. The molecular formula is C20H24O2. The number of aliphatic hydroxyl groups excluding tert-OH is 1. The molecule has 0 fully saturated rings. The van der Waals surface area contributed by atoms with Gasteiger partial charge in [-0.15, -0.1) is 0 Å². The number of carbonyl (C=O) groups is 1. The van der Waals surface area contributed by atoms with Crippen LogP contribution in [0.3, 0.4) is 0 Å². The van der Waals surface area contributed by atoms with Crippen LogP contribution in [0, 0.1) is 0 Å². The summed E-state index contributed by atoms with van der Waals surface area (Å²) in [6, 6.07) is 13.9. The van der Waals surface area contributed by atoms with Crippen LogP contribution in [0.1, 0.15) is 51.2 Å². The number of fused-ring (bicyclic) bond motifs is 1. The van der Waals surface area contributed by atoms with Crippen LogP contribution in [0.15, 0.2) is 54.1 Å². The number of benzene rings is 2. The largest absolute Gasteiger partial charge is 0.384 e. The van der Waals surface area contributed by atoms with Gasteiger partial charge < -0.3 is 5.11 Å². The SMILES string of the molecule is CCCC/C=C(\C(=O)CC)C(O)c1ccc2ccccc2c1. The van der Waals surface area contributed by atoms with Crippen molar-refractivity contribution in [2.24, 2.45) is 0 Å². The molecule has 0 heterocycles. The average Bonchev–Trinajstić information content (AvgIpc) is 2.57. The molecule has 0 spiro atoms. The van der Waals surface area contributed by atoms with Gasteiger partial charge in [0.15, 0.2) is 5.78 Å². The van der Waals surface area contributed by atoms with E-state index in [4.69, 9.17) is 0 Å². The molecule has 0 saturated carbocycles. The third-order valence-corrected chi connectivity index (χ3v) is 3.95. The molecule has 22 heavy (non-hydrogen) atoms. The second-order valence-electron chi connectivity index (χ2n) is 5.59. The Labute approximate surface area is 132 Å². The minimum Gasteiger partial charge on any atom is -0.384 e. The number of aliphatic hydroxyl groups is 1. The Morgan fingerprint density at radius 1 is 1.14 bits per heavy atom. The lowest BCUT2D eigenvalue weighted by atomic mass is 9.94. The van der Waals surface area contributed by atoms with Crippen LogP contribution in [0.25, 0.3) is 10.8 Å². The van der Waals surface area contributed by atoms with E-state index in [1.165, 1.54) is 0 Å². The van der Waals surface area contributed by atoms with Crippen molar-refractivity contribution in [1.82, 2.24) is 0 Å². The highest BCUT2D eigenvalue weighted by Gasteiger charge is 2.19. The van der Waals surface area contributed by atoms with Crippen LogP contribution in [0.4, 0.5) is 0 Å². The number of hydrogen-bond acceptors (Lipinski definition) is 2. The van der Waals surface area contributed by atoms with Crippen molar-refractivity contribution in [3.8, 4) is 0 Å². The van der Waals surface area contributed by atoms with Crippen molar-refractivity contribution in [3.05, 3.63) is 59.7 Å². The fraction of sp³-hybridized carbons (Fsp3) is 0.350. The van der Waals surface area contributed by atoms with Crippen LogP contribution in [0.2, 0.25) is 0 Å². The Kier molecular flexibility index (Phi) is 5.91. The van der Waals surface area contributed by atoms with E-state index in [0.29, 0.717) is 12.0 Å². The number of Topliss-reactive ketones (excluding diaryl/α,β-unsaturated/α-hetero) is 1. The lowest BCUT2D eigenvalue weighted by molar-refractivity contribution is -0.116. The quantitative estimate of drug-likeness (QED) is 0.578. The van der Waals surface area contributed by atoms with Gasteiger partial charge in [-0.25, -0.2) is 0 Å². The van der Waals surface area contributed by atoms with Crippen LogP contribution < -0.4 is 0 Å². The van der Waals surface area contributed by atoms with E-state index in [1.54, 1.807) is 0 Å². The molecule has 2 nitrogen and oxygen atoms in total. The zero-order chi connectivity index (χ0) is 15.9. The summed E-state index contributed by atoms with van der Waals surface area (Å²) in [4.78, 5) is 12.2. The maximum atomic E-state index is 12.2. The molecule has 0 aliphatic heterocycles. The molecule has 2 rings (SSSR count). The maximum absolute atomic E-state index is 12.2. The molecule has 0 saturated heterocycles. The maximum Gasteiger partial charge on any atom is 0.161 e. The van der Waals surface area contributed by atoms with Gasteiger partial charge in [0.2, 0.25) is 0 Å². The monoisotopic (exact) mass is 296 g/mol. The van der Waals surface area contributed by atoms with Crippen LogP contribution in [-0.4, -0.2) is 10.9 Å². The summed E-state index contributed by atoms with van der Waals surface area (Å²) in [6.07, 6.45) is 4.44. The van der Waals surface area contributed by atoms with E-state index in [9.17, 15) is 9.90 Å². The van der Waals surface area contributed by atoms with E-state index in [0.717, 1.165) is 35.6 Å². The first-order valence-corrected chi connectivity index (χ1v) is 8.07. The summed E-state index contributed by atoms with van der Waals surface area (Å²) in [5.41, 5.74) is 1.31. The summed E-state index contributed by atoms with van der Waals surface area (Å²) in [6.45, 7) is 3.96. The van der Waals surface area contributed by atoms with Gasteiger partial charge in [0.1, 0.15) is 6.10 Å². The normalized spacial score (nSPS) is 13.3. The van der Waals surface area contributed by atoms with Gasteiger partial charge >= 0.3 is 0 Å². The minimum absolute atomic E-state index is 0.0248. The molecule has 2 heteroatoms. The average molecular weight is 296 g/mol. The Morgan fingerprint density at radius 2 is 1.86 bits per heavy atom. The molecular weight excluding hydrogens is 272 g/mol. The number of rotatable bonds is 7. The molecule has 0 aliphatic carbocycles. The highest BCUT2D eigenvalue weighted by Crippen LogP contribution is 2.27. The second-order valence-corrected chi connectivity index (χ2v) is 5.59. The number of ketones is 1. The van der Waals surface area contributed by atoms with Crippen molar-refractivity contribution in [3.63, 3.8) is 0 Å². The third kappa shape index (κ3) is 3.83. The van der Waals surface area contributed by atoms with Gasteiger partial charge in [-0.3, -0.25) is 4.79 Å². The molecule has 0 aromatic heterocycles. The number of hydrogen-bond donors (Lipinski definition) is 1. The second kappa shape index (κ2) is 7.90. The predicted octanol–water partition coefficient (Wildman–Crippen LogP) is 4.97. The molecule has 0 aliphatic rings. The first-order valence-electron chi connectivity index (χ1n) is 8.07. The van der Waals surface area contributed by atoms with Gasteiger partial charge in [0.05, 0.1) is 0 Å². The lowest BCUT2D eigenvalue weighted by Crippen LogP contribution is -2.11. The van der Waals surface area contributed by atoms with Gasteiger partial charge in [-0.2, -0.15) is 0 Å². The van der Waals surface area contributed by atoms with E-state index < -0.39 is 6.10 Å². The number of carbonyl (C=O) groups excluding carboxylic acids is 1. The fourth-order valence-corrected chi connectivity index (χ4v) is 2.60. The van der Waals surface area contributed by atoms with Crippen molar-refractivity contribution in [2.75, 3.05) is 0 Å². The first kappa shape index (κ1) is 16.4. The van der Waals surface area contributed by atoms with Crippen molar-refractivity contribution in [1.29, 1.82) is 0 Å². The van der Waals surface area contributed by atoms with E-state index in [2.05, 4.69) is 6.92 Å². The zero-order valence-corrected chi connectivity index (χ0v) is 13.4. The summed E-state index contributed by atoms with van der Waals surface area (Å²) in [5, 5.41) is 12.9. The van der Waals surface area contributed by atoms with E-state index in [-0.39, 0.29) is 5.78 Å². The Hall–Kier alpha value is -1.93. The summed E-state index contributed by atoms with van der Waals surface area (Å²) < 4.78 is 0. The van der Waals surface area contributed by atoms with Crippen molar-refractivity contribution >= 4 is 16.6 Å². The molecule has 1 atom stereocenters. The standard InChI is InChI=1S/C20H24O2/c1-3-5-6-11-18(19(21)4-2)20(22)17-13-12-15-9-7-8-10-16(15)14-17/h7-14,20,22H,3-6H2,1-2H3/b18-11+. The highest BCUT2D eigenvalue weighted by molar-refractivity contribution is 5.96. The molecule has 116 valence electrons. The molecule has 0 radical (unpaired) electrons. The van der Waals surface area contributed by atoms with Crippen molar-refractivity contribution in [2.45, 2.75) is 45.6 Å². The summed E-state index contributed by atoms with van der Waals surface area (Å²) >= 11 is 0. The minimum atomic E-state index is -0.839. The van der Waals surface area contributed by atoms with Gasteiger partial charge in [0, 0.05) is 12.0 Å². The van der Waals surface area contributed by atoms with Crippen LogP contribution in [-0.2, 0) is 4.79 Å². The van der Waals surface area contributed by atoms with Gasteiger partial charge in [-0.1, -0.05) is 69.2 Å². The topological polar surface area (TPSA) is 37.3 Å². The van der Waals surface area contributed by atoms with E-state index in [1.807, 2.05) is 55.5 Å². The fourth-order valence-electron chi connectivity index (χ4n) is 2.60. The number of unbranched alkanes of at least 4 members (excludes halogenated alkanes) is 2.